The van der Waals surface area contributed by atoms with Crippen LogP contribution in [0.1, 0.15) is 35.4 Å². The van der Waals surface area contributed by atoms with Crippen LogP contribution in [-0.4, -0.2) is 27.3 Å². The fourth-order valence-electron chi connectivity index (χ4n) is 3.83. The Morgan fingerprint density at radius 3 is 2.93 bits per heavy atom. The number of H-pyrrole nitrogens is 1. The van der Waals surface area contributed by atoms with Crippen molar-refractivity contribution in [3.05, 3.63) is 75.3 Å². The molecule has 4 rings (SSSR count). The summed E-state index contributed by atoms with van der Waals surface area (Å²) in [5.74, 6) is 0.816. The Hall–Kier alpha value is -2.95. The lowest BCUT2D eigenvalue weighted by atomic mass is 9.95. The lowest BCUT2D eigenvalue weighted by Crippen LogP contribution is -2.36. The van der Waals surface area contributed by atoms with E-state index in [1.165, 1.54) is 16.7 Å². The SMILES string of the molecule is Cc1cccc2c1CCN(C(=O)CCCc1nc3ccccc3c(=O)[nH]1)C2. The molecule has 1 amide bonds. The van der Waals surface area contributed by atoms with Crippen molar-refractivity contribution in [2.75, 3.05) is 6.54 Å². The van der Waals surface area contributed by atoms with Gasteiger partial charge in [-0.05, 0) is 48.6 Å². The number of benzene rings is 2. The second-order valence-corrected chi connectivity index (χ2v) is 7.16. The Kier molecular flexibility index (Phi) is 4.75. The van der Waals surface area contributed by atoms with Crippen LogP contribution >= 0.6 is 0 Å². The first kappa shape index (κ1) is 17.5. The Bertz CT molecular complexity index is 1050. The van der Waals surface area contributed by atoms with Gasteiger partial charge in [-0.25, -0.2) is 4.98 Å². The fraction of sp³-hybridized carbons (Fsp3) is 0.318. The molecule has 0 saturated heterocycles. The molecule has 5 nitrogen and oxygen atoms in total. The third kappa shape index (κ3) is 3.63. The van der Waals surface area contributed by atoms with Crippen LogP contribution in [0.2, 0.25) is 0 Å². The van der Waals surface area contributed by atoms with Gasteiger partial charge in [0.1, 0.15) is 5.82 Å². The van der Waals surface area contributed by atoms with Crippen LogP contribution in [0.3, 0.4) is 0 Å². The molecule has 0 aliphatic carbocycles. The summed E-state index contributed by atoms with van der Waals surface area (Å²) in [4.78, 5) is 34.0. The van der Waals surface area contributed by atoms with Crippen LogP contribution in [0.5, 0.6) is 0 Å². The lowest BCUT2D eigenvalue weighted by Gasteiger charge is -2.30. The van der Waals surface area contributed by atoms with Gasteiger partial charge in [0.05, 0.1) is 10.9 Å². The highest BCUT2D eigenvalue weighted by Gasteiger charge is 2.21. The number of carbonyl (C=O) groups excluding carboxylic acids is 1. The molecule has 5 heteroatoms. The van der Waals surface area contributed by atoms with Crippen LogP contribution < -0.4 is 5.56 Å². The molecule has 1 aliphatic rings. The molecule has 2 heterocycles. The summed E-state index contributed by atoms with van der Waals surface area (Å²) in [6, 6.07) is 13.6. The highest BCUT2D eigenvalue weighted by Crippen LogP contribution is 2.22. The number of para-hydroxylation sites is 1. The zero-order valence-electron chi connectivity index (χ0n) is 15.5. The van der Waals surface area contributed by atoms with Gasteiger partial charge in [0.15, 0.2) is 0 Å². The van der Waals surface area contributed by atoms with E-state index in [1.54, 1.807) is 6.07 Å². The summed E-state index contributed by atoms with van der Waals surface area (Å²) in [5.41, 5.74) is 4.54. The van der Waals surface area contributed by atoms with Gasteiger partial charge < -0.3 is 9.88 Å². The standard InChI is InChI=1S/C22H23N3O2/c1-15-6-4-7-16-14-25(13-12-17(15)16)21(26)11-5-10-20-23-19-9-3-2-8-18(19)22(27)24-20/h2-4,6-9H,5,10-14H2,1H3,(H,23,24,27). The van der Waals surface area contributed by atoms with Gasteiger partial charge in [-0.15, -0.1) is 0 Å². The number of amides is 1. The van der Waals surface area contributed by atoms with Crippen molar-refractivity contribution in [3.63, 3.8) is 0 Å². The van der Waals surface area contributed by atoms with Crippen LogP contribution in [0, 0.1) is 6.92 Å². The molecule has 1 aromatic heterocycles. The van der Waals surface area contributed by atoms with Crippen molar-refractivity contribution in [1.29, 1.82) is 0 Å². The maximum absolute atomic E-state index is 12.6. The van der Waals surface area contributed by atoms with Gasteiger partial charge in [0.25, 0.3) is 5.56 Å². The van der Waals surface area contributed by atoms with Gasteiger partial charge >= 0.3 is 0 Å². The Balaban J connectivity index is 1.37. The van der Waals surface area contributed by atoms with Crippen molar-refractivity contribution >= 4 is 16.8 Å². The van der Waals surface area contributed by atoms with Crippen molar-refractivity contribution in [3.8, 4) is 0 Å². The number of aryl methyl sites for hydroxylation is 2. The lowest BCUT2D eigenvalue weighted by molar-refractivity contribution is -0.132. The van der Waals surface area contributed by atoms with E-state index < -0.39 is 0 Å². The minimum atomic E-state index is -0.120. The van der Waals surface area contributed by atoms with E-state index in [0.29, 0.717) is 42.5 Å². The molecule has 0 bridgehead atoms. The molecule has 0 saturated carbocycles. The van der Waals surface area contributed by atoms with E-state index in [0.717, 1.165) is 13.0 Å². The maximum atomic E-state index is 12.6. The van der Waals surface area contributed by atoms with Crippen molar-refractivity contribution in [1.82, 2.24) is 14.9 Å². The third-order valence-electron chi connectivity index (χ3n) is 5.32. The summed E-state index contributed by atoms with van der Waals surface area (Å²) >= 11 is 0. The number of hydrogen-bond acceptors (Lipinski definition) is 3. The normalized spacial score (nSPS) is 13.6. The molecule has 0 spiro atoms. The molecule has 0 radical (unpaired) electrons. The second kappa shape index (κ2) is 7.35. The molecule has 0 atom stereocenters. The van der Waals surface area contributed by atoms with Gasteiger partial charge in [0.2, 0.25) is 5.91 Å². The van der Waals surface area contributed by atoms with Gasteiger partial charge in [-0.2, -0.15) is 0 Å². The maximum Gasteiger partial charge on any atom is 0.258 e. The number of rotatable bonds is 4. The minimum Gasteiger partial charge on any atom is -0.338 e. The summed E-state index contributed by atoms with van der Waals surface area (Å²) in [6.07, 6.45) is 2.66. The number of hydrogen-bond donors (Lipinski definition) is 1. The molecule has 138 valence electrons. The zero-order chi connectivity index (χ0) is 18.8. The number of aromatic amines is 1. The summed E-state index contributed by atoms with van der Waals surface area (Å²) < 4.78 is 0. The first-order valence-corrected chi connectivity index (χ1v) is 9.45. The highest BCUT2D eigenvalue weighted by molar-refractivity contribution is 5.77. The van der Waals surface area contributed by atoms with E-state index in [9.17, 15) is 9.59 Å². The second-order valence-electron chi connectivity index (χ2n) is 7.16. The zero-order valence-corrected chi connectivity index (χ0v) is 15.5. The molecule has 27 heavy (non-hydrogen) atoms. The first-order valence-electron chi connectivity index (χ1n) is 9.45. The highest BCUT2D eigenvalue weighted by atomic mass is 16.2. The minimum absolute atomic E-state index is 0.120. The fourth-order valence-corrected chi connectivity index (χ4v) is 3.83. The molecule has 0 unspecified atom stereocenters. The Morgan fingerprint density at radius 1 is 1.19 bits per heavy atom. The van der Waals surface area contributed by atoms with Crippen LogP contribution in [0.25, 0.3) is 10.9 Å². The number of nitrogens with one attached hydrogen (secondary N) is 1. The quantitative estimate of drug-likeness (QED) is 0.776. The van der Waals surface area contributed by atoms with E-state index in [2.05, 4.69) is 35.1 Å². The number of carbonyl (C=O) groups is 1. The van der Waals surface area contributed by atoms with E-state index in [1.807, 2.05) is 23.1 Å². The predicted molar refractivity (Wildman–Crippen MR) is 106 cm³/mol. The summed E-state index contributed by atoms with van der Waals surface area (Å²) in [7, 11) is 0. The average molecular weight is 361 g/mol. The van der Waals surface area contributed by atoms with Crippen LogP contribution in [0.4, 0.5) is 0 Å². The molecule has 1 N–H and O–H groups in total. The number of fused-ring (bicyclic) bond motifs is 2. The largest absolute Gasteiger partial charge is 0.338 e. The number of aromatic nitrogens is 2. The Labute approximate surface area is 158 Å². The van der Waals surface area contributed by atoms with Crippen LogP contribution in [0.15, 0.2) is 47.3 Å². The molecule has 0 fully saturated rings. The topological polar surface area (TPSA) is 66.1 Å². The molecular formula is C22H23N3O2. The van der Waals surface area contributed by atoms with E-state index in [4.69, 9.17) is 0 Å². The average Bonchev–Trinajstić information content (AvgIpc) is 2.68. The van der Waals surface area contributed by atoms with Gasteiger partial charge in [0, 0.05) is 25.9 Å². The van der Waals surface area contributed by atoms with Crippen LogP contribution in [-0.2, 0) is 24.2 Å². The van der Waals surface area contributed by atoms with E-state index in [-0.39, 0.29) is 11.5 Å². The van der Waals surface area contributed by atoms with Crippen molar-refractivity contribution in [2.45, 2.75) is 39.2 Å². The first-order chi connectivity index (χ1) is 13.1. The Morgan fingerprint density at radius 2 is 2.04 bits per heavy atom. The summed E-state index contributed by atoms with van der Waals surface area (Å²) in [6.45, 7) is 3.61. The smallest absolute Gasteiger partial charge is 0.258 e. The van der Waals surface area contributed by atoms with Gasteiger partial charge in [-0.3, -0.25) is 9.59 Å². The summed E-state index contributed by atoms with van der Waals surface area (Å²) in [5, 5.41) is 0.597. The monoisotopic (exact) mass is 361 g/mol. The molecular weight excluding hydrogens is 338 g/mol. The third-order valence-corrected chi connectivity index (χ3v) is 5.32. The van der Waals surface area contributed by atoms with Crippen molar-refractivity contribution < 1.29 is 4.79 Å². The van der Waals surface area contributed by atoms with E-state index >= 15 is 0 Å². The molecule has 2 aromatic carbocycles. The molecule has 1 aliphatic heterocycles. The number of nitrogens with zero attached hydrogens (tertiary/aromatic N) is 2. The van der Waals surface area contributed by atoms with Crippen molar-refractivity contribution in [2.24, 2.45) is 0 Å². The van der Waals surface area contributed by atoms with Gasteiger partial charge in [-0.1, -0.05) is 30.3 Å². The molecule has 3 aromatic rings. The predicted octanol–water partition coefficient (Wildman–Crippen LogP) is 3.14.